The number of esters is 2. The molecule has 1 fully saturated rings. The van der Waals surface area contributed by atoms with E-state index in [0.717, 1.165) is 51.4 Å². The van der Waals surface area contributed by atoms with Crippen LogP contribution in [0, 0.1) is 0 Å². The zero-order valence-corrected chi connectivity index (χ0v) is 39.9. The third kappa shape index (κ3) is 30.3. The number of phosphoric ester groups is 2. The molecule has 8 N–H and O–H groups in total. The number of aliphatic hydroxyl groups is 5. The summed E-state index contributed by atoms with van der Waals surface area (Å²) in [7, 11) is -10.7. The molecule has 1 aliphatic rings. The van der Waals surface area contributed by atoms with E-state index >= 15 is 0 Å². The van der Waals surface area contributed by atoms with Crippen LogP contribution in [0.1, 0.15) is 162 Å². The van der Waals surface area contributed by atoms with Crippen LogP contribution in [0.5, 0.6) is 0 Å². The quantitative estimate of drug-likeness (QED) is 0.0129. The van der Waals surface area contributed by atoms with Crippen LogP contribution in [0.15, 0.2) is 48.6 Å². The van der Waals surface area contributed by atoms with Gasteiger partial charge in [0.2, 0.25) is 0 Å². The van der Waals surface area contributed by atoms with Gasteiger partial charge in [0.25, 0.3) is 0 Å². The van der Waals surface area contributed by atoms with Crippen molar-refractivity contribution in [2.75, 3.05) is 13.2 Å². The minimum Gasteiger partial charge on any atom is -0.462 e. The van der Waals surface area contributed by atoms with Crippen LogP contribution in [-0.2, 0) is 41.8 Å². The number of phosphoric acid groups is 2. The minimum absolute atomic E-state index is 0.0463. The normalized spacial score (nSPS) is 22.7. The molecule has 0 aromatic rings. The molecule has 0 aliphatic heterocycles. The molecule has 1 saturated carbocycles. The van der Waals surface area contributed by atoms with Crippen molar-refractivity contribution in [3.63, 3.8) is 0 Å². The maximum atomic E-state index is 13.0. The number of ether oxygens (including phenoxy) is 2. The van der Waals surface area contributed by atoms with Crippen LogP contribution >= 0.6 is 15.6 Å². The third-order valence-corrected chi connectivity index (χ3v) is 12.0. The van der Waals surface area contributed by atoms with Crippen molar-refractivity contribution < 1.29 is 82.0 Å². The molecule has 0 amide bonds. The van der Waals surface area contributed by atoms with Gasteiger partial charge in [-0.25, -0.2) is 9.13 Å². The largest absolute Gasteiger partial charge is 0.472 e. The SMILES string of the molecule is CCCCCCCCCCCCCCCC(=O)OC[C@H](COP(=O)(O)O[C@H]1C(O)C(O)C(O)[C@@H](OP(=O)(O)O)C1O)OC(=O)CCC/C=C\C/C=C\C/C=C\C/C=C\CC(O)CCC. The Labute approximate surface area is 380 Å². The summed E-state index contributed by atoms with van der Waals surface area (Å²) in [4.78, 5) is 54.2. The van der Waals surface area contributed by atoms with Crippen LogP contribution in [-0.4, -0.2) is 114 Å². The van der Waals surface area contributed by atoms with Gasteiger partial charge < -0.3 is 49.7 Å². The smallest absolute Gasteiger partial charge is 0.462 e. The summed E-state index contributed by atoms with van der Waals surface area (Å²) in [6, 6.07) is 0. The lowest BCUT2D eigenvalue weighted by Gasteiger charge is -2.43. The molecule has 1 rings (SSSR count). The van der Waals surface area contributed by atoms with Crippen molar-refractivity contribution in [1.82, 2.24) is 0 Å². The van der Waals surface area contributed by atoms with Crippen molar-refractivity contribution >= 4 is 27.6 Å². The second kappa shape index (κ2) is 36.0. The lowest BCUT2D eigenvalue weighted by Crippen LogP contribution is -2.64. The molecule has 0 saturated heterocycles. The van der Waals surface area contributed by atoms with Crippen LogP contribution in [0.3, 0.4) is 0 Å². The highest BCUT2D eigenvalue weighted by Crippen LogP contribution is 2.49. The van der Waals surface area contributed by atoms with Crippen LogP contribution in [0.2, 0.25) is 0 Å². The van der Waals surface area contributed by atoms with E-state index in [-0.39, 0.29) is 18.9 Å². The monoisotopic (exact) mass is 954 g/mol. The van der Waals surface area contributed by atoms with Gasteiger partial charge in [0, 0.05) is 12.8 Å². The Morgan fingerprint density at radius 2 is 1.05 bits per heavy atom. The number of allylic oxidation sites excluding steroid dienone is 7. The Bertz CT molecular complexity index is 1450. The molecular formula is C45H80O17P2. The maximum absolute atomic E-state index is 13.0. The first-order chi connectivity index (χ1) is 30.5. The van der Waals surface area contributed by atoms with E-state index in [1.54, 1.807) is 0 Å². The van der Waals surface area contributed by atoms with Gasteiger partial charge in [0.15, 0.2) is 6.10 Å². The summed E-state index contributed by atoms with van der Waals surface area (Å²) < 4.78 is 49.2. The van der Waals surface area contributed by atoms with Gasteiger partial charge in [-0.1, -0.05) is 146 Å². The maximum Gasteiger partial charge on any atom is 0.472 e. The van der Waals surface area contributed by atoms with E-state index in [9.17, 15) is 49.1 Å². The van der Waals surface area contributed by atoms with E-state index < -0.39 is 83.5 Å². The summed E-state index contributed by atoms with van der Waals surface area (Å²) in [5.74, 6) is -1.29. The molecule has 0 radical (unpaired) electrons. The number of carbonyl (C=O) groups is 2. The number of hydrogen-bond donors (Lipinski definition) is 8. The summed E-state index contributed by atoms with van der Waals surface area (Å²) >= 11 is 0. The fourth-order valence-electron chi connectivity index (χ4n) is 6.86. The van der Waals surface area contributed by atoms with Crippen LogP contribution in [0.25, 0.3) is 0 Å². The molecule has 1 aliphatic carbocycles. The Kier molecular flexibility index (Phi) is 33.7. The summed E-state index contributed by atoms with van der Waals surface area (Å²) in [6.45, 7) is 2.86. The second-order valence-corrected chi connectivity index (χ2v) is 18.9. The number of carbonyl (C=O) groups excluding carboxylic acids is 2. The average Bonchev–Trinajstić information content (AvgIpc) is 3.24. The lowest BCUT2D eigenvalue weighted by molar-refractivity contribution is -0.216. The molecule has 0 heterocycles. The van der Waals surface area contributed by atoms with Gasteiger partial charge in [0.05, 0.1) is 12.7 Å². The topological polar surface area (TPSA) is 276 Å². The zero-order chi connectivity index (χ0) is 47.6. The van der Waals surface area contributed by atoms with Crippen molar-refractivity contribution in [2.24, 2.45) is 0 Å². The Balaban J connectivity index is 2.65. The van der Waals surface area contributed by atoms with Gasteiger partial charge >= 0.3 is 27.6 Å². The van der Waals surface area contributed by atoms with Crippen LogP contribution < -0.4 is 0 Å². The first kappa shape index (κ1) is 59.9. The van der Waals surface area contributed by atoms with Crippen LogP contribution in [0.4, 0.5) is 0 Å². The molecule has 19 heteroatoms. The van der Waals surface area contributed by atoms with Gasteiger partial charge in [-0.05, 0) is 51.4 Å². The molecule has 0 spiro atoms. The van der Waals surface area contributed by atoms with Gasteiger partial charge in [-0.15, -0.1) is 0 Å². The predicted molar refractivity (Wildman–Crippen MR) is 243 cm³/mol. The molecule has 64 heavy (non-hydrogen) atoms. The Morgan fingerprint density at radius 3 is 1.58 bits per heavy atom. The first-order valence-electron chi connectivity index (χ1n) is 23.3. The number of unbranched alkanes of at least 4 members (excludes halogenated alkanes) is 13. The fourth-order valence-corrected chi connectivity index (χ4v) is 8.40. The molecular weight excluding hydrogens is 874 g/mol. The van der Waals surface area contributed by atoms with E-state index in [0.29, 0.717) is 32.1 Å². The van der Waals surface area contributed by atoms with E-state index in [4.69, 9.17) is 28.3 Å². The lowest BCUT2D eigenvalue weighted by atomic mass is 9.85. The van der Waals surface area contributed by atoms with Gasteiger partial charge in [0.1, 0.15) is 43.2 Å². The molecule has 0 aromatic carbocycles. The van der Waals surface area contributed by atoms with E-state index in [1.807, 2.05) is 43.4 Å². The molecule has 0 aromatic heterocycles. The Hall–Kier alpha value is -2.08. The molecule has 17 nitrogen and oxygen atoms in total. The molecule has 6 unspecified atom stereocenters. The third-order valence-electron chi connectivity index (χ3n) is 10.5. The highest BCUT2D eigenvalue weighted by Gasteiger charge is 2.54. The highest BCUT2D eigenvalue weighted by atomic mass is 31.2. The standard InChI is InChI=1S/C45H80O17P2/c1-3-5-6-7-8-9-10-12-16-19-22-25-28-32-38(47)58-34-37(35-59-64(56,57)62-45-42(51)40(49)41(50)44(43(45)52)61-63(53,54)55)60-39(48)33-29-26-23-20-17-14-11-13-15-18-21-24-27-31-36(46)30-4-2/h11,14-15,18,20,23-24,27,36-37,40-46,49-52H,3-10,12-13,16-17,19,21-22,25-26,28-35H2,1-2H3,(H,56,57)(H2,53,54,55)/b14-11-,18-15-,23-20-,27-24-/t36?,37-,40?,41?,42?,43?,44-,45+/m1/s1. The average molecular weight is 955 g/mol. The summed E-state index contributed by atoms with van der Waals surface area (Å²) in [5, 5.41) is 50.9. The number of rotatable bonds is 38. The predicted octanol–water partition coefficient (Wildman–Crippen LogP) is 7.48. The second-order valence-electron chi connectivity index (χ2n) is 16.3. The van der Waals surface area contributed by atoms with Crippen molar-refractivity contribution in [3.8, 4) is 0 Å². The summed E-state index contributed by atoms with van der Waals surface area (Å²) in [5.41, 5.74) is 0. The van der Waals surface area contributed by atoms with Crippen molar-refractivity contribution in [2.45, 2.75) is 210 Å². The number of aliphatic hydroxyl groups excluding tert-OH is 5. The molecule has 372 valence electrons. The fraction of sp³-hybridized carbons (Fsp3) is 0.778. The summed E-state index contributed by atoms with van der Waals surface area (Å²) in [6.07, 6.45) is 21.4. The molecule has 9 atom stereocenters. The zero-order valence-electron chi connectivity index (χ0n) is 38.1. The van der Waals surface area contributed by atoms with Crippen molar-refractivity contribution in [1.29, 1.82) is 0 Å². The van der Waals surface area contributed by atoms with Gasteiger partial charge in [-0.2, -0.15) is 0 Å². The minimum atomic E-state index is -5.37. The van der Waals surface area contributed by atoms with E-state index in [1.165, 1.54) is 51.4 Å². The molecule has 0 bridgehead atoms. The van der Waals surface area contributed by atoms with Crippen molar-refractivity contribution in [3.05, 3.63) is 48.6 Å². The first-order valence-corrected chi connectivity index (χ1v) is 26.3. The van der Waals surface area contributed by atoms with Gasteiger partial charge in [-0.3, -0.25) is 23.2 Å². The number of hydrogen-bond acceptors (Lipinski definition) is 14. The van der Waals surface area contributed by atoms with E-state index in [2.05, 4.69) is 23.6 Å². The Morgan fingerprint density at radius 1 is 0.562 bits per heavy atom. The highest BCUT2D eigenvalue weighted by molar-refractivity contribution is 7.47.